The molecular formula is C13H9Cl2N5. The summed E-state index contributed by atoms with van der Waals surface area (Å²) in [6, 6.07) is 12.6. The maximum absolute atomic E-state index is 6.22. The van der Waals surface area contributed by atoms with Crippen LogP contribution in [0.2, 0.25) is 10.0 Å². The zero-order chi connectivity index (χ0) is 14.1. The minimum atomic E-state index is 0.413. The monoisotopic (exact) mass is 305 g/mol. The van der Waals surface area contributed by atoms with Gasteiger partial charge in [-0.1, -0.05) is 41.4 Å². The molecule has 2 aromatic carbocycles. The second kappa shape index (κ2) is 5.11. The molecule has 0 unspecified atom stereocenters. The minimum absolute atomic E-state index is 0.413. The van der Waals surface area contributed by atoms with Gasteiger partial charge in [0.15, 0.2) is 5.82 Å². The van der Waals surface area contributed by atoms with Crippen molar-refractivity contribution in [2.45, 2.75) is 0 Å². The van der Waals surface area contributed by atoms with Gasteiger partial charge in [-0.25, -0.2) is 0 Å². The van der Waals surface area contributed by atoms with Crippen LogP contribution in [-0.4, -0.2) is 20.2 Å². The highest BCUT2D eigenvalue weighted by Crippen LogP contribution is 2.32. The van der Waals surface area contributed by atoms with Crippen LogP contribution < -0.4 is 5.73 Å². The van der Waals surface area contributed by atoms with Crippen LogP contribution >= 0.6 is 23.2 Å². The van der Waals surface area contributed by atoms with Crippen LogP contribution in [0.4, 0.5) is 5.69 Å². The predicted octanol–water partition coefficient (Wildman–Crippen LogP) is 3.22. The Morgan fingerprint density at radius 3 is 2.60 bits per heavy atom. The summed E-state index contributed by atoms with van der Waals surface area (Å²) in [6.07, 6.45) is 0. The van der Waals surface area contributed by atoms with Crippen LogP contribution in [0.1, 0.15) is 0 Å². The van der Waals surface area contributed by atoms with Gasteiger partial charge in [-0.15, -0.1) is 5.10 Å². The van der Waals surface area contributed by atoms with E-state index in [1.807, 2.05) is 18.2 Å². The van der Waals surface area contributed by atoms with Gasteiger partial charge in [0.05, 0.1) is 21.4 Å². The quantitative estimate of drug-likeness (QED) is 0.738. The Bertz CT molecular complexity index is 769. The molecule has 0 bridgehead atoms. The van der Waals surface area contributed by atoms with E-state index in [4.69, 9.17) is 28.9 Å². The van der Waals surface area contributed by atoms with E-state index in [1.165, 1.54) is 4.68 Å². The maximum atomic E-state index is 6.22. The van der Waals surface area contributed by atoms with Gasteiger partial charge in [-0.3, -0.25) is 0 Å². The molecule has 0 spiro atoms. The Morgan fingerprint density at radius 1 is 1.00 bits per heavy atom. The van der Waals surface area contributed by atoms with Crippen LogP contribution in [0, 0.1) is 0 Å². The Balaban J connectivity index is 2.21. The van der Waals surface area contributed by atoms with Crippen molar-refractivity contribution >= 4 is 28.9 Å². The predicted molar refractivity (Wildman–Crippen MR) is 79.0 cm³/mol. The summed E-state index contributed by atoms with van der Waals surface area (Å²) in [5.41, 5.74) is 7.60. The molecular weight excluding hydrogens is 297 g/mol. The molecule has 5 nitrogen and oxygen atoms in total. The lowest BCUT2D eigenvalue weighted by molar-refractivity contribution is 0.791. The lowest BCUT2D eigenvalue weighted by atomic mass is 10.2. The average molecular weight is 306 g/mol. The van der Waals surface area contributed by atoms with Crippen molar-refractivity contribution in [3.05, 3.63) is 52.5 Å². The second-order valence-corrected chi connectivity index (χ2v) is 4.86. The highest BCUT2D eigenvalue weighted by molar-refractivity contribution is 6.35. The summed E-state index contributed by atoms with van der Waals surface area (Å²) in [4.78, 5) is 0. The summed E-state index contributed by atoms with van der Waals surface area (Å²) >= 11 is 12.4. The fourth-order valence-electron chi connectivity index (χ4n) is 1.86. The highest BCUT2D eigenvalue weighted by Gasteiger charge is 2.16. The van der Waals surface area contributed by atoms with Crippen LogP contribution in [0.25, 0.3) is 17.1 Å². The van der Waals surface area contributed by atoms with Crippen LogP contribution in [0.5, 0.6) is 0 Å². The normalized spacial score (nSPS) is 10.7. The largest absolute Gasteiger partial charge is 0.398 e. The Kier molecular flexibility index (Phi) is 3.30. The highest BCUT2D eigenvalue weighted by atomic mass is 35.5. The number of hydrogen-bond acceptors (Lipinski definition) is 4. The number of nitrogen functional groups attached to an aromatic ring is 1. The third kappa shape index (κ3) is 2.11. The van der Waals surface area contributed by atoms with Crippen molar-refractivity contribution in [2.24, 2.45) is 0 Å². The minimum Gasteiger partial charge on any atom is -0.398 e. The fraction of sp³-hybridized carbons (Fsp3) is 0. The molecule has 0 radical (unpaired) electrons. The van der Waals surface area contributed by atoms with E-state index in [0.717, 1.165) is 0 Å². The zero-order valence-electron chi connectivity index (χ0n) is 10.2. The second-order valence-electron chi connectivity index (χ2n) is 4.07. The molecule has 0 aliphatic rings. The first-order valence-electron chi connectivity index (χ1n) is 5.76. The van der Waals surface area contributed by atoms with Crippen LogP contribution in [-0.2, 0) is 0 Å². The fourth-order valence-corrected chi connectivity index (χ4v) is 2.29. The van der Waals surface area contributed by atoms with Crippen molar-refractivity contribution < 1.29 is 0 Å². The van der Waals surface area contributed by atoms with E-state index in [1.54, 1.807) is 24.3 Å². The number of aromatic nitrogens is 4. The van der Waals surface area contributed by atoms with Crippen LogP contribution in [0.3, 0.4) is 0 Å². The van der Waals surface area contributed by atoms with E-state index in [2.05, 4.69) is 15.5 Å². The maximum Gasteiger partial charge on any atom is 0.188 e. The molecule has 7 heteroatoms. The first kappa shape index (κ1) is 12.9. The molecule has 20 heavy (non-hydrogen) atoms. The van der Waals surface area contributed by atoms with Crippen molar-refractivity contribution in [3.63, 3.8) is 0 Å². The van der Waals surface area contributed by atoms with Crippen molar-refractivity contribution in [3.8, 4) is 17.1 Å². The topological polar surface area (TPSA) is 69.6 Å². The lowest BCUT2D eigenvalue weighted by Crippen LogP contribution is -2.01. The number of nitrogens with two attached hydrogens (primary N) is 1. The van der Waals surface area contributed by atoms with E-state index in [0.29, 0.717) is 32.8 Å². The van der Waals surface area contributed by atoms with Gasteiger partial charge in [0.25, 0.3) is 0 Å². The van der Waals surface area contributed by atoms with Gasteiger partial charge >= 0.3 is 0 Å². The van der Waals surface area contributed by atoms with E-state index in [9.17, 15) is 0 Å². The number of hydrogen-bond donors (Lipinski definition) is 1. The summed E-state index contributed by atoms with van der Waals surface area (Å²) in [5.74, 6) is 0.482. The number of anilines is 1. The molecule has 1 aromatic heterocycles. The van der Waals surface area contributed by atoms with Gasteiger partial charge in [-0.2, -0.15) is 4.68 Å². The molecule has 0 saturated carbocycles. The van der Waals surface area contributed by atoms with Crippen LogP contribution in [0.15, 0.2) is 42.5 Å². The molecule has 0 aliphatic carbocycles. The molecule has 0 amide bonds. The SMILES string of the molecule is Nc1cccc(-c2nnnn2-c2ccccc2Cl)c1Cl. The van der Waals surface area contributed by atoms with Crippen molar-refractivity contribution in [2.75, 3.05) is 5.73 Å². The molecule has 3 rings (SSSR count). The van der Waals surface area contributed by atoms with Crippen molar-refractivity contribution in [1.29, 1.82) is 0 Å². The lowest BCUT2D eigenvalue weighted by Gasteiger charge is -2.08. The number of rotatable bonds is 2. The summed E-state index contributed by atoms with van der Waals surface area (Å²) in [6.45, 7) is 0. The number of para-hydroxylation sites is 1. The summed E-state index contributed by atoms with van der Waals surface area (Å²) < 4.78 is 1.53. The summed E-state index contributed by atoms with van der Waals surface area (Å²) in [5, 5.41) is 12.6. The Labute approximate surface area is 124 Å². The number of nitrogens with zero attached hydrogens (tertiary/aromatic N) is 4. The molecule has 0 saturated heterocycles. The van der Waals surface area contributed by atoms with E-state index >= 15 is 0 Å². The average Bonchev–Trinajstić information content (AvgIpc) is 2.91. The third-order valence-electron chi connectivity index (χ3n) is 2.82. The number of benzene rings is 2. The van der Waals surface area contributed by atoms with E-state index in [-0.39, 0.29) is 0 Å². The molecule has 1 heterocycles. The zero-order valence-corrected chi connectivity index (χ0v) is 11.7. The number of tetrazole rings is 1. The van der Waals surface area contributed by atoms with Gasteiger partial charge in [0.1, 0.15) is 0 Å². The van der Waals surface area contributed by atoms with E-state index < -0.39 is 0 Å². The molecule has 3 aromatic rings. The first-order valence-corrected chi connectivity index (χ1v) is 6.51. The first-order chi connectivity index (χ1) is 9.68. The van der Waals surface area contributed by atoms with Crippen molar-refractivity contribution in [1.82, 2.24) is 20.2 Å². The van der Waals surface area contributed by atoms with Gasteiger partial charge in [0.2, 0.25) is 0 Å². The third-order valence-corrected chi connectivity index (χ3v) is 3.56. The Morgan fingerprint density at radius 2 is 1.80 bits per heavy atom. The molecule has 0 fully saturated rings. The number of halogens is 2. The molecule has 0 aliphatic heterocycles. The van der Waals surface area contributed by atoms with Gasteiger partial charge < -0.3 is 5.73 Å². The Hall–Kier alpha value is -2.11. The van der Waals surface area contributed by atoms with Gasteiger partial charge in [0, 0.05) is 5.56 Å². The standard InChI is InChI=1S/C13H9Cl2N5/c14-9-5-1-2-7-11(9)20-13(17-18-19-20)8-4-3-6-10(16)12(8)15/h1-7H,16H2. The molecule has 100 valence electrons. The summed E-state index contributed by atoms with van der Waals surface area (Å²) in [7, 11) is 0. The molecule has 2 N–H and O–H groups in total. The smallest absolute Gasteiger partial charge is 0.188 e. The molecule has 0 atom stereocenters. The van der Waals surface area contributed by atoms with Gasteiger partial charge in [-0.05, 0) is 34.7 Å².